The van der Waals surface area contributed by atoms with Crippen LogP contribution in [0, 0.1) is 6.92 Å². The number of carbonyl (C=O) groups excluding carboxylic acids is 1. The van der Waals surface area contributed by atoms with E-state index in [2.05, 4.69) is 5.32 Å². The van der Waals surface area contributed by atoms with Crippen molar-refractivity contribution in [1.82, 2.24) is 9.62 Å². The molecule has 2 aromatic carbocycles. The summed E-state index contributed by atoms with van der Waals surface area (Å²) in [7, 11) is -3.70. The molecule has 30 heavy (non-hydrogen) atoms. The summed E-state index contributed by atoms with van der Waals surface area (Å²) < 4.78 is 28.5. The van der Waals surface area contributed by atoms with E-state index in [1.165, 1.54) is 10.7 Å². The third-order valence-electron chi connectivity index (χ3n) is 6.34. The van der Waals surface area contributed by atoms with Gasteiger partial charge in [-0.15, -0.1) is 0 Å². The van der Waals surface area contributed by atoms with E-state index in [9.17, 15) is 13.2 Å². The minimum absolute atomic E-state index is 0.0623. The minimum Gasteiger partial charge on any atom is -0.353 e. The summed E-state index contributed by atoms with van der Waals surface area (Å²) in [6.45, 7) is 2.32. The van der Waals surface area contributed by atoms with Crippen LogP contribution < -0.4 is 5.32 Å². The molecule has 0 bridgehead atoms. The van der Waals surface area contributed by atoms with Crippen LogP contribution in [0.3, 0.4) is 0 Å². The van der Waals surface area contributed by atoms with Crippen molar-refractivity contribution in [2.75, 3.05) is 6.54 Å². The van der Waals surface area contributed by atoms with E-state index in [-0.39, 0.29) is 23.3 Å². The first kappa shape index (κ1) is 21.1. The van der Waals surface area contributed by atoms with Gasteiger partial charge in [-0.3, -0.25) is 4.79 Å². The lowest BCUT2D eigenvalue weighted by Crippen LogP contribution is -2.43. The summed E-state index contributed by atoms with van der Waals surface area (Å²) in [4.78, 5) is 13.2. The molecule has 1 fully saturated rings. The van der Waals surface area contributed by atoms with Gasteiger partial charge in [-0.1, -0.05) is 61.2 Å². The molecule has 1 heterocycles. The van der Waals surface area contributed by atoms with E-state index in [1.54, 1.807) is 12.1 Å². The van der Waals surface area contributed by atoms with Crippen LogP contribution in [0.5, 0.6) is 0 Å². The topological polar surface area (TPSA) is 66.5 Å². The molecule has 6 heteroatoms. The molecule has 1 aliphatic heterocycles. The predicted molar refractivity (Wildman–Crippen MR) is 118 cm³/mol. The number of hydrogen-bond acceptors (Lipinski definition) is 3. The smallest absolute Gasteiger partial charge is 0.243 e. The summed E-state index contributed by atoms with van der Waals surface area (Å²) in [5.41, 5.74) is 3.09. The minimum atomic E-state index is -3.70. The van der Waals surface area contributed by atoms with Gasteiger partial charge in [-0.25, -0.2) is 8.42 Å². The van der Waals surface area contributed by atoms with Crippen LogP contribution >= 0.6 is 0 Å². The van der Waals surface area contributed by atoms with Gasteiger partial charge in [0, 0.05) is 19.0 Å². The highest BCUT2D eigenvalue weighted by atomic mass is 32.2. The van der Waals surface area contributed by atoms with E-state index in [0.717, 1.165) is 42.4 Å². The number of aryl methyl sites for hydroxylation is 1. The first-order valence-electron chi connectivity index (χ1n) is 10.9. The Kier molecular flexibility index (Phi) is 6.25. The monoisotopic (exact) mass is 426 g/mol. The molecule has 0 spiro atoms. The van der Waals surface area contributed by atoms with Crippen LogP contribution in [0.15, 0.2) is 53.4 Å². The van der Waals surface area contributed by atoms with E-state index in [0.29, 0.717) is 13.0 Å². The van der Waals surface area contributed by atoms with E-state index in [4.69, 9.17) is 0 Å². The van der Waals surface area contributed by atoms with Gasteiger partial charge in [0.15, 0.2) is 0 Å². The molecule has 1 N–H and O–H groups in total. The lowest BCUT2D eigenvalue weighted by atomic mass is 9.91. The van der Waals surface area contributed by atoms with Crippen LogP contribution in [0.4, 0.5) is 0 Å². The molecule has 0 unspecified atom stereocenters. The Bertz CT molecular complexity index is 995. The predicted octanol–water partition coefficient (Wildman–Crippen LogP) is 4.12. The second kappa shape index (κ2) is 8.90. The van der Waals surface area contributed by atoms with Crippen molar-refractivity contribution in [3.8, 4) is 0 Å². The zero-order valence-corrected chi connectivity index (χ0v) is 18.3. The number of carbonyl (C=O) groups is 1. The van der Waals surface area contributed by atoms with Crippen molar-refractivity contribution in [2.45, 2.75) is 68.8 Å². The molecule has 160 valence electrons. The highest BCUT2D eigenvalue weighted by Crippen LogP contribution is 2.36. The molecule has 1 amide bonds. The van der Waals surface area contributed by atoms with Gasteiger partial charge in [-0.05, 0) is 49.4 Å². The SMILES string of the molecule is Cc1ccc(S(=O)(=O)N2CCc3ccccc3[C@H]2CC(=O)NC2CCCCC2)cc1. The summed E-state index contributed by atoms with van der Waals surface area (Å²) in [6, 6.07) is 14.6. The third kappa shape index (κ3) is 4.44. The highest BCUT2D eigenvalue weighted by Gasteiger charge is 2.37. The number of nitrogens with zero attached hydrogens (tertiary/aromatic N) is 1. The summed E-state index contributed by atoms with van der Waals surface area (Å²) in [6.07, 6.45) is 6.35. The molecule has 1 aliphatic carbocycles. The molecule has 1 atom stereocenters. The maximum atomic E-state index is 13.5. The molecule has 5 nitrogen and oxygen atoms in total. The van der Waals surface area contributed by atoms with Gasteiger partial charge in [0.05, 0.1) is 10.9 Å². The molecule has 2 aliphatic rings. The maximum Gasteiger partial charge on any atom is 0.243 e. The van der Waals surface area contributed by atoms with Crippen molar-refractivity contribution in [3.05, 3.63) is 65.2 Å². The summed E-state index contributed by atoms with van der Waals surface area (Å²) in [5.74, 6) is -0.0623. The first-order chi connectivity index (χ1) is 14.4. The average Bonchev–Trinajstić information content (AvgIpc) is 2.75. The highest BCUT2D eigenvalue weighted by molar-refractivity contribution is 7.89. The number of rotatable bonds is 5. The van der Waals surface area contributed by atoms with E-state index in [1.807, 2.05) is 43.3 Å². The number of benzene rings is 2. The van der Waals surface area contributed by atoms with Crippen molar-refractivity contribution in [3.63, 3.8) is 0 Å². The van der Waals surface area contributed by atoms with Gasteiger partial charge < -0.3 is 5.32 Å². The Labute approximate surface area is 179 Å². The molecule has 1 saturated carbocycles. The van der Waals surface area contributed by atoms with Crippen LogP contribution in [0.2, 0.25) is 0 Å². The number of hydrogen-bond donors (Lipinski definition) is 1. The van der Waals surface area contributed by atoms with Crippen LogP contribution in [0.1, 0.15) is 61.3 Å². The lowest BCUT2D eigenvalue weighted by molar-refractivity contribution is -0.123. The van der Waals surface area contributed by atoms with Gasteiger partial charge >= 0.3 is 0 Å². The van der Waals surface area contributed by atoms with Gasteiger partial charge in [0.1, 0.15) is 0 Å². The molecule has 2 aromatic rings. The maximum absolute atomic E-state index is 13.5. The van der Waals surface area contributed by atoms with Gasteiger partial charge in [0.25, 0.3) is 0 Å². The molecule has 0 saturated heterocycles. The molecular formula is C24H30N2O3S. The second-order valence-corrected chi connectivity index (χ2v) is 10.4. The van der Waals surface area contributed by atoms with Crippen LogP contribution in [-0.2, 0) is 21.2 Å². The van der Waals surface area contributed by atoms with E-state index < -0.39 is 16.1 Å². The van der Waals surface area contributed by atoms with Gasteiger partial charge in [0.2, 0.25) is 15.9 Å². The Hall–Kier alpha value is -2.18. The Balaban J connectivity index is 1.62. The first-order valence-corrected chi connectivity index (χ1v) is 12.3. The summed E-state index contributed by atoms with van der Waals surface area (Å²) in [5, 5.41) is 3.16. The van der Waals surface area contributed by atoms with Gasteiger partial charge in [-0.2, -0.15) is 4.31 Å². The lowest BCUT2D eigenvalue weighted by Gasteiger charge is -2.36. The number of nitrogens with one attached hydrogen (secondary N) is 1. The van der Waals surface area contributed by atoms with Crippen LogP contribution in [-0.4, -0.2) is 31.2 Å². The zero-order valence-electron chi connectivity index (χ0n) is 17.5. The Morgan fingerprint density at radius 2 is 1.73 bits per heavy atom. The fourth-order valence-corrected chi connectivity index (χ4v) is 6.29. The van der Waals surface area contributed by atoms with Crippen LogP contribution in [0.25, 0.3) is 0 Å². The van der Waals surface area contributed by atoms with Crippen molar-refractivity contribution in [1.29, 1.82) is 0 Å². The fraction of sp³-hybridized carbons (Fsp3) is 0.458. The third-order valence-corrected chi connectivity index (χ3v) is 8.26. The van der Waals surface area contributed by atoms with Crippen molar-refractivity contribution >= 4 is 15.9 Å². The zero-order chi connectivity index (χ0) is 21.1. The average molecular weight is 427 g/mol. The number of fused-ring (bicyclic) bond motifs is 1. The Morgan fingerprint density at radius 3 is 2.47 bits per heavy atom. The number of amides is 1. The number of sulfonamides is 1. The molecule has 4 rings (SSSR count). The fourth-order valence-electron chi connectivity index (χ4n) is 4.68. The Morgan fingerprint density at radius 1 is 1.03 bits per heavy atom. The second-order valence-electron chi connectivity index (χ2n) is 8.50. The van der Waals surface area contributed by atoms with Crippen molar-refractivity contribution in [2.24, 2.45) is 0 Å². The molecular weight excluding hydrogens is 396 g/mol. The summed E-state index contributed by atoms with van der Waals surface area (Å²) >= 11 is 0. The molecule has 0 radical (unpaired) electrons. The van der Waals surface area contributed by atoms with E-state index >= 15 is 0 Å². The standard InChI is InChI=1S/C24H30N2O3S/c1-18-11-13-21(14-12-18)30(28,29)26-16-15-19-7-5-6-10-22(19)23(26)17-24(27)25-20-8-3-2-4-9-20/h5-7,10-14,20,23H,2-4,8-9,15-17H2,1H3,(H,25,27)/t23-/m1/s1. The normalized spacial score (nSPS) is 20.5. The van der Waals surface area contributed by atoms with Crippen molar-refractivity contribution < 1.29 is 13.2 Å². The molecule has 0 aromatic heterocycles. The quantitative estimate of drug-likeness (QED) is 0.782. The largest absolute Gasteiger partial charge is 0.353 e.